The summed E-state index contributed by atoms with van der Waals surface area (Å²) in [4.78, 5) is 36.6. The smallest absolute Gasteiger partial charge is 0.281 e. The molecule has 90 valence electrons. The van der Waals surface area contributed by atoms with Crippen LogP contribution < -0.4 is 0 Å². The third-order valence-electron chi connectivity index (χ3n) is 0. The van der Waals surface area contributed by atoms with Gasteiger partial charge in [-0.05, 0) is 0 Å². The maximum absolute atomic E-state index is 7.50. The summed E-state index contributed by atoms with van der Waals surface area (Å²) in [6.45, 7) is 13.5. The van der Waals surface area contributed by atoms with Gasteiger partial charge >= 0.3 is 69.6 Å². The fourth-order valence-electron chi connectivity index (χ4n) is 0. The van der Waals surface area contributed by atoms with Crippen LogP contribution in [0.15, 0.2) is 0 Å². The van der Waals surface area contributed by atoms with E-state index in [4.69, 9.17) is 14.4 Å². The monoisotopic (exact) mass is 472 g/mol. The van der Waals surface area contributed by atoms with E-state index in [-0.39, 0.29) is 17.1 Å². The molecule has 0 aromatic heterocycles. The van der Waals surface area contributed by atoms with Gasteiger partial charge < -0.3 is 0 Å². The standard InChI is InChI=1S/3CO.6CH3.Fe.2Sb/c3*1-2;;;;;;;;;/h;;;6*1H3;;;. The number of hydrogen-bond donors (Lipinski definition) is 0. The molecule has 0 aromatic rings. The van der Waals surface area contributed by atoms with E-state index >= 15 is 0 Å². The molecule has 0 aliphatic carbocycles. The van der Waals surface area contributed by atoms with Crippen LogP contribution in [0, 0.1) is 0 Å². The van der Waals surface area contributed by atoms with E-state index in [2.05, 4.69) is 49.6 Å². The van der Waals surface area contributed by atoms with Crippen LogP contribution in [0.3, 0.4) is 0 Å². The topological polar surface area (TPSA) is 51.2 Å². The summed E-state index contributed by atoms with van der Waals surface area (Å²) in [5.74, 6) is 0. The maximum Gasteiger partial charge on any atom is 0.281 e. The molecule has 0 heterocycles. The van der Waals surface area contributed by atoms with Crippen LogP contribution in [0.4, 0.5) is 0 Å². The molecular formula is C9H18FeO3Sb2. The first kappa shape index (κ1) is 36.0. The van der Waals surface area contributed by atoms with Crippen molar-refractivity contribution in [2.24, 2.45) is 0 Å². The Morgan fingerprint density at radius 3 is 0.533 bits per heavy atom. The van der Waals surface area contributed by atoms with E-state index in [1.807, 2.05) is 0 Å². The molecule has 0 fully saturated rings. The van der Waals surface area contributed by atoms with Gasteiger partial charge in [0.05, 0.1) is 0 Å². The van der Waals surface area contributed by atoms with E-state index in [0.29, 0.717) is 0 Å². The van der Waals surface area contributed by atoms with Gasteiger partial charge in [-0.2, -0.15) is 0 Å². The molecule has 0 amide bonds. The van der Waals surface area contributed by atoms with Crippen LogP contribution in [0.1, 0.15) is 0 Å². The predicted molar refractivity (Wildman–Crippen MR) is 63.8 cm³/mol. The van der Waals surface area contributed by atoms with Crippen molar-refractivity contribution in [2.75, 3.05) is 0 Å². The minimum Gasteiger partial charge on any atom is -0.281 e. The Hall–Kier alpha value is 1.17. The van der Waals surface area contributed by atoms with Crippen molar-refractivity contribution in [1.82, 2.24) is 0 Å². The second-order valence-corrected chi connectivity index (χ2v) is 18.0. The van der Waals surface area contributed by atoms with E-state index in [1.54, 1.807) is 0 Å². The maximum atomic E-state index is 7.50. The van der Waals surface area contributed by atoms with Crippen LogP contribution >= 0.6 is 0 Å². The molecule has 0 N–H and O–H groups in total. The summed E-state index contributed by atoms with van der Waals surface area (Å²) in [6, 6.07) is 0. The second-order valence-electron chi connectivity index (χ2n) is 2.68. The molecule has 0 unspecified atom stereocenters. The Morgan fingerprint density at radius 1 is 0.533 bits per heavy atom. The zero-order chi connectivity index (χ0) is 13.2. The molecule has 0 atom stereocenters. The van der Waals surface area contributed by atoms with Crippen LogP contribution in [0.25, 0.3) is 0 Å². The van der Waals surface area contributed by atoms with Gasteiger partial charge in [0, 0.05) is 17.1 Å². The van der Waals surface area contributed by atoms with Gasteiger partial charge in [0.2, 0.25) is 0 Å². The molecule has 6 radical (unpaired) electrons. The van der Waals surface area contributed by atoms with Crippen molar-refractivity contribution in [3.05, 3.63) is 0 Å². The third-order valence-corrected chi connectivity index (χ3v) is 0. The first-order valence-corrected chi connectivity index (χ1v) is 18.6. The summed E-state index contributed by atoms with van der Waals surface area (Å²) in [5.41, 5.74) is 0. The van der Waals surface area contributed by atoms with Crippen LogP contribution in [0.5, 0.6) is 0 Å². The van der Waals surface area contributed by atoms with Crippen LogP contribution in [-0.4, -0.2) is 60.8 Å². The molecular weight excluding hydrogens is 455 g/mol. The molecule has 0 spiro atoms. The Labute approximate surface area is 120 Å². The van der Waals surface area contributed by atoms with E-state index in [1.165, 1.54) is 0 Å². The average Bonchev–Trinajstić information content (AvgIpc) is 2.12. The van der Waals surface area contributed by atoms with Gasteiger partial charge in [0.25, 0.3) is 20.4 Å². The SMILES string of the molecule is [CH3][Sb]([CH3])[CH3].[CH3][Sb]([CH3])[CH3].[C]=O.[C]=O.[C]=O.[Fe]. The largest absolute Gasteiger partial charge is 0.281 e. The quantitative estimate of drug-likeness (QED) is 0.502. The second kappa shape index (κ2) is 59.3. The average molecular weight is 474 g/mol. The molecule has 0 bridgehead atoms. The van der Waals surface area contributed by atoms with Crippen molar-refractivity contribution < 1.29 is 31.5 Å². The van der Waals surface area contributed by atoms with Crippen molar-refractivity contribution in [2.45, 2.75) is 29.2 Å². The van der Waals surface area contributed by atoms with Gasteiger partial charge in [-0.1, -0.05) is 0 Å². The molecule has 0 aromatic carbocycles. The fourth-order valence-corrected chi connectivity index (χ4v) is 0. The van der Waals surface area contributed by atoms with E-state index in [0.717, 1.165) is 0 Å². The molecule has 0 aliphatic heterocycles. The fraction of sp³-hybridized carbons (Fsp3) is 0.667. The van der Waals surface area contributed by atoms with Gasteiger partial charge in [-0.15, -0.1) is 0 Å². The Morgan fingerprint density at radius 2 is 0.533 bits per heavy atom. The molecule has 0 saturated carbocycles. The van der Waals surface area contributed by atoms with Crippen molar-refractivity contribution in [1.29, 1.82) is 0 Å². The summed E-state index contributed by atoms with van der Waals surface area (Å²) in [7, 11) is 0. The van der Waals surface area contributed by atoms with Crippen molar-refractivity contribution >= 4 is 60.8 Å². The van der Waals surface area contributed by atoms with E-state index < -0.39 is 40.4 Å². The number of hydrogen-bond acceptors (Lipinski definition) is 3. The summed E-state index contributed by atoms with van der Waals surface area (Å²) < 4.78 is 0. The Bertz CT molecular complexity index is 60.1. The number of carbonyl (C=O) groups excluding carboxylic acids is 3. The third kappa shape index (κ3) is 1930. The van der Waals surface area contributed by atoms with Gasteiger partial charge in [0.15, 0.2) is 0 Å². The van der Waals surface area contributed by atoms with Gasteiger partial charge in [0.1, 0.15) is 0 Å². The Balaban J connectivity index is -0.0000000175. The van der Waals surface area contributed by atoms with Crippen LogP contribution in [-0.2, 0) is 31.5 Å². The summed E-state index contributed by atoms with van der Waals surface area (Å²) in [5, 5.41) is 0. The molecule has 3 nitrogen and oxygen atoms in total. The number of rotatable bonds is 0. The molecule has 6 heteroatoms. The molecule has 15 heavy (non-hydrogen) atoms. The molecule has 0 aliphatic rings. The zero-order valence-electron chi connectivity index (χ0n) is 9.97. The van der Waals surface area contributed by atoms with Crippen LogP contribution in [0.2, 0.25) is 29.2 Å². The minimum atomic E-state index is -0.450. The summed E-state index contributed by atoms with van der Waals surface area (Å²) >= 11 is -0.900. The normalized spacial score (nSPS) is 5.60. The van der Waals surface area contributed by atoms with Crippen molar-refractivity contribution in [3.63, 3.8) is 0 Å². The molecule has 0 rings (SSSR count). The molecule has 0 saturated heterocycles. The first-order valence-electron chi connectivity index (χ1n) is 3.30. The van der Waals surface area contributed by atoms with E-state index in [9.17, 15) is 0 Å². The Kier molecular flexibility index (Phi) is 142. The minimum absolute atomic E-state index is 0. The van der Waals surface area contributed by atoms with Gasteiger partial charge in [-0.25, -0.2) is 0 Å². The van der Waals surface area contributed by atoms with Crippen molar-refractivity contribution in [3.8, 4) is 0 Å². The van der Waals surface area contributed by atoms with Gasteiger partial charge in [-0.3, -0.25) is 14.4 Å². The predicted octanol–water partition coefficient (Wildman–Crippen LogP) is 1.55. The zero-order valence-corrected chi connectivity index (χ0v) is 16.2. The summed E-state index contributed by atoms with van der Waals surface area (Å²) in [6.07, 6.45) is 0. The first-order chi connectivity index (χ1) is 6.46.